The fourth-order valence-corrected chi connectivity index (χ4v) is 2.03. The van der Waals surface area contributed by atoms with Crippen molar-refractivity contribution in [2.75, 3.05) is 0 Å². The second-order valence-electron chi connectivity index (χ2n) is 4.91. The molecule has 0 atom stereocenters. The van der Waals surface area contributed by atoms with Gasteiger partial charge < -0.3 is 9.84 Å². The molecule has 0 spiro atoms. The largest absolute Gasteiger partial charge is 0.476 e. The number of halogens is 1. The van der Waals surface area contributed by atoms with Crippen molar-refractivity contribution < 1.29 is 14.6 Å². The fourth-order valence-electron chi connectivity index (χ4n) is 1.69. The number of benzene rings is 1. The molecule has 0 fully saturated rings. The lowest BCUT2D eigenvalue weighted by atomic mass is 10.2. The van der Waals surface area contributed by atoms with Gasteiger partial charge in [-0.15, -0.1) is 0 Å². The van der Waals surface area contributed by atoms with Crippen LogP contribution in [-0.4, -0.2) is 21.0 Å². The van der Waals surface area contributed by atoms with E-state index < -0.39 is 5.97 Å². The Morgan fingerprint density at radius 2 is 2.05 bits per heavy atom. The van der Waals surface area contributed by atoms with E-state index in [1.54, 1.807) is 6.07 Å². The molecule has 21 heavy (non-hydrogen) atoms. The predicted molar refractivity (Wildman–Crippen MR) is 82.0 cm³/mol. The molecule has 0 aliphatic carbocycles. The van der Waals surface area contributed by atoms with Crippen LogP contribution < -0.4 is 4.74 Å². The number of aryl methyl sites for hydroxylation is 1. The lowest BCUT2D eigenvalue weighted by molar-refractivity contribution is 0.0686. The van der Waals surface area contributed by atoms with Crippen LogP contribution in [-0.2, 0) is 0 Å². The molecule has 0 aliphatic heterocycles. The van der Waals surface area contributed by atoms with Gasteiger partial charge in [-0.05, 0) is 24.6 Å². The third kappa shape index (κ3) is 3.58. The van der Waals surface area contributed by atoms with Crippen LogP contribution in [0.4, 0.5) is 0 Å². The molecule has 1 aromatic heterocycles. The van der Waals surface area contributed by atoms with E-state index in [9.17, 15) is 9.90 Å². The van der Waals surface area contributed by atoms with Gasteiger partial charge in [0.2, 0.25) is 0 Å². The summed E-state index contributed by atoms with van der Waals surface area (Å²) >= 11 is 3.36. The minimum atomic E-state index is -1.14. The molecule has 2 aromatic rings. The van der Waals surface area contributed by atoms with Gasteiger partial charge in [-0.1, -0.05) is 35.8 Å². The van der Waals surface area contributed by atoms with E-state index in [4.69, 9.17) is 4.74 Å². The first-order valence-corrected chi connectivity index (χ1v) is 7.22. The molecule has 0 bridgehead atoms. The van der Waals surface area contributed by atoms with Crippen molar-refractivity contribution >= 4 is 21.9 Å². The highest BCUT2D eigenvalue weighted by Gasteiger charge is 2.18. The molecule has 1 aromatic carbocycles. The summed E-state index contributed by atoms with van der Waals surface area (Å²) in [6.45, 7) is 5.69. The van der Waals surface area contributed by atoms with E-state index in [-0.39, 0.29) is 17.4 Å². The molecule has 0 unspecified atom stereocenters. The van der Waals surface area contributed by atoms with Gasteiger partial charge in [0.15, 0.2) is 11.4 Å². The van der Waals surface area contributed by atoms with Crippen LogP contribution in [0.5, 0.6) is 11.5 Å². The van der Waals surface area contributed by atoms with E-state index in [2.05, 4.69) is 25.9 Å². The summed E-state index contributed by atoms with van der Waals surface area (Å²) in [4.78, 5) is 19.6. The summed E-state index contributed by atoms with van der Waals surface area (Å²) in [6.07, 6.45) is 1.41. The molecule has 0 amide bonds. The van der Waals surface area contributed by atoms with Crippen LogP contribution in [0.2, 0.25) is 0 Å². The van der Waals surface area contributed by atoms with Crippen LogP contribution in [0.3, 0.4) is 0 Å². The van der Waals surface area contributed by atoms with Crippen molar-refractivity contribution in [1.82, 2.24) is 9.97 Å². The molecule has 2 rings (SSSR count). The predicted octanol–water partition coefficient (Wildman–Crippen LogP) is 4.16. The highest BCUT2D eigenvalue weighted by Crippen LogP contribution is 2.29. The van der Waals surface area contributed by atoms with Crippen LogP contribution in [0, 0.1) is 6.92 Å². The molecule has 0 saturated heterocycles. The summed E-state index contributed by atoms with van der Waals surface area (Å²) in [5, 5.41) is 9.29. The van der Waals surface area contributed by atoms with Crippen LogP contribution >= 0.6 is 15.9 Å². The van der Waals surface area contributed by atoms with Crippen molar-refractivity contribution in [2.24, 2.45) is 0 Å². The zero-order valence-electron chi connectivity index (χ0n) is 11.9. The van der Waals surface area contributed by atoms with Gasteiger partial charge in [-0.2, -0.15) is 0 Å². The average molecular weight is 351 g/mol. The standard InChI is InChI=1S/C15H15BrN2O3/c1-8(2)14-17-7-12(13(18-14)15(19)20)21-11-6-10(16)5-4-9(11)3/h4-8H,1-3H3,(H,19,20). The first-order chi connectivity index (χ1) is 9.88. The van der Waals surface area contributed by atoms with E-state index in [0.717, 1.165) is 10.0 Å². The summed E-state index contributed by atoms with van der Waals surface area (Å²) < 4.78 is 6.53. The number of aromatic carboxylic acids is 1. The number of aromatic nitrogens is 2. The number of carboxylic acid groups (broad SMARTS) is 1. The first kappa shape index (κ1) is 15.4. The highest BCUT2D eigenvalue weighted by atomic mass is 79.9. The van der Waals surface area contributed by atoms with Crippen molar-refractivity contribution in [3.05, 3.63) is 46.0 Å². The number of rotatable bonds is 4. The van der Waals surface area contributed by atoms with Crippen molar-refractivity contribution in [2.45, 2.75) is 26.7 Å². The second kappa shape index (κ2) is 6.22. The summed E-state index contributed by atoms with van der Waals surface area (Å²) in [6, 6.07) is 5.54. The van der Waals surface area contributed by atoms with Crippen molar-refractivity contribution in [3.63, 3.8) is 0 Å². The Kier molecular flexibility index (Phi) is 4.57. The number of nitrogens with zero attached hydrogens (tertiary/aromatic N) is 2. The number of carboxylic acids is 1. The quantitative estimate of drug-likeness (QED) is 0.895. The number of hydrogen-bond acceptors (Lipinski definition) is 4. The monoisotopic (exact) mass is 350 g/mol. The average Bonchev–Trinajstić information content (AvgIpc) is 2.42. The van der Waals surface area contributed by atoms with Crippen LogP contribution in [0.25, 0.3) is 0 Å². The van der Waals surface area contributed by atoms with E-state index in [0.29, 0.717) is 11.6 Å². The Balaban J connectivity index is 2.44. The molecule has 110 valence electrons. The SMILES string of the molecule is Cc1ccc(Br)cc1Oc1cnc(C(C)C)nc1C(=O)O. The summed E-state index contributed by atoms with van der Waals surface area (Å²) in [5.74, 6) is 0.0818. The lowest BCUT2D eigenvalue weighted by Crippen LogP contribution is -2.08. The fraction of sp³-hybridized carbons (Fsp3) is 0.267. The minimum Gasteiger partial charge on any atom is -0.476 e. The molecule has 0 radical (unpaired) electrons. The maximum atomic E-state index is 11.4. The summed E-state index contributed by atoms with van der Waals surface area (Å²) in [7, 11) is 0. The van der Waals surface area contributed by atoms with Crippen LogP contribution in [0.15, 0.2) is 28.9 Å². The minimum absolute atomic E-state index is 0.0461. The maximum absolute atomic E-state index is 11.4. The number of ether oxygens (including phenoxy) is 1. The maximum Gasteiger partial charge on any atom is 0.358 e. The highest BCUT2D eigenvalue weighted by molar-refractivity contribution is 9.10. The Morgan fingerprint density at radius 1 is 1.33 bits per heavy atom. The molecule has 0 aliphatic rings. The second-order valence-corrected chi connectivity index (χ2v) is 5.83. The van der Waals surface area contributed by atoms with Gasteiger partial charge in [0.1, 0.15) is 11.6 Å². The smallest absolute Gasteiger partial charge is 0.358 e. The number of hydrogen-bond donors (Lipinski definition) is 1. The van der Waals surface area contributed by atoms with E-state index in [1.165, 1.54) is 6.20 Å². The molecular weight excluding hydrogens is 336 g/mol. The molecule has 0 saturated carbocycles. The lowest BCUT2D eigenvalue weighted by Gasteiger charge is -2.12. The molecular formula is C15H15BrN2O3. The summed E-state index contributed by atoms with van der Waals surface area (Å²) in [5.41, 5.74) is 0.760. The van der Waals surface area contributed by atoms with E-state index in [1.807, 2.05) is 32.9 Å². The zero-order chi connectivity index (χ0) is 15.6. The molecule has 1 heterocycles. The molecule has 1 N–H and O–H groups in total. The van der Waals surface area contributed by atoms with Crippen molar-refractivity contribution in [3.8, 4) is 11.5 Å². The zero-order valence-corrected chi connectivity index (χ0v) is 13.5. The molecule has 5 nitrogen and oxygen atoms in total. The van der Waals surface area contributed by atoms with Gasteiger partial charge in [-0.25, -0.2) is 14.8 Å². The third-order valence-electron chi connectivity index (χ3n) is 2.86. The Morgan fingerprint density at radius 3 is 2.67 bits per heavy atom. The Labute approximate surface area is 131 Å². The Bertz CT molecular complexity index is 687. The Hall–Kier alpha value is -1.95. The molecule has 6 heteroatoms. The normalized spacial score (nSPS) is 10.7. The van der Waals surface area contributed by atoms with Gasteiger partial charge in [0.25, 0.3) is 0 Å². The van der Waals surface area contributed by atoms with Gasteiger partial charge >= 0.3 is 5.97 Å². The topological polar surface area (TPSA) is 72.3 Å². The van der Waals surface area contributed by atoms with Crippen LogP contribution in [0.1, 0.15) is 41.6 Å². The number of carbonyl (C=O) groups is 1. The first-order valence-electron chi connectivity index (χ1n) is 6.42. The van der Waals surface area contributed by atoms with Gasteiger partial charge in [0.05, 0.1) is 6.20 Å². The van der Waals surface area contributed by atoms with Gasteiger partial charge in [-0.3, -0.25) is 0 Å². The van der Waals surface area contributed by atoms with E-state index >= 15 is 0 Å². The van der Waals surface area contributed by atoms with Crippen molar-refractivity contribution in [1.29, 1.82) is 0 Å². The third-order valence-corrected chi connectivity index (χ3v) is 3.36. The van der Waals surface area contributed by atoms with Gasteiger partial charge in [0, 0.05) is 10.4 Å².